The van der Waals surface area contributed by atoms with Crippen molar-refractivity contribution in [2.75, 3.05) is 39.2 Å². The van der Waals surface area contributed by atoms with Gasteiger partial charge in [-0.15, -0.1) is 11.3 Å². The lowest BCUT2D eigenvalue weighted by atomic mass is 10.0. The maximum absolute atomic E-state index is 13.4. The van der Waals surface area contributed by atoms with Crippen molar-refractivity contribution in [2.45, 2.75) is 45.4 Å². The Bertz CT molecular complexity index is 995. The maximum Gasteiger partial charge on any atom is 0.257 e. The van der Waals surface area contributed by atoms with Gasteiger partial charge in [0, 0.05) is 56.5 Å². The molecule has 1 fully saturated rings. The quantitative estimate of drug-likeness (QED) is 0.697. The number of benzene rings is 1. The molecule has 184 valence electrons. The molecule has 0 radical (unpaired) electrons. The first-order valence-corrected chi connectivity index (χ1v) is 12.7. The SMILES string of the molecule is CO[C@@H]1CN(C)C(=O)c2cc(NC(=O)C3CC3)ccc2OC[C@@H](C)N(Cc2nccs2)C[C@@H]1C. The van der Waals surface area contributed by atoms with E-state index in [1.54, 1.807) is 48.6 Å². The molecule has 0 spiro atoms. The molecular weight excluding hydrogens is 452 g/mol. The van der Waals surface area contributed by atoms with Crippen LogP contribution in [0.3, 0.4) is 0 Å². The van der Waals surface area contributed by atoms with Crippen molar-refractivity contribution in [1.29, 1.82) is 0 Å². The van der Waals surface area contributed by atoms with E-state index in [1.165, 1.54) is 0 Å². The summed E-state index contributed by atoms with van der Waals surface area (Å²) in [5.41, 5.74) is 1.06. The molecule has 2 heterocycles. The number of aromatic nitrogens is 1. The average molecular weight is 487 g/mol. The van der Waals surface area contributed by atoms with Gasteiger partial charge in [-0.2, -0.15) is 0 Å². The molecule has 2 aliphatic rings. The van der Waals surface area contributed by atoms with Crippen LogP contribution >= 0.6 is 11.3 Å². The van der Waals surface area contributed by atoms with Gasteiger partial charge >= 0.3 is 0 Å². The van der Waals surface area contributed by atoms with Crippen molar-refractivity contribution < 1.29 is 19.1 Å². The van der Waals surface area contributed by atoms with E-state index in [0.29, 0.717) is 30.2 Å². The molecule has 1 aliphatic carbocycles. The summed E-state index contributed by atoms with van der Waals surface area (Å²) >= 11 is 1.64. The van der Waals surface area contributed by atoms with Gasteiger partial charge in [-0.1, -0.05) is 6.92 Å². The predicted molar refractivity (Wildman–Crippen MR) is 132 cm³/mol. The zero-order chi connectivity index (χ0) is 24.2. The monoisotopic (exact) mass is 486 g/mol. The third-order valence-corrected chi connectivity index (χ3v) is 7.38. The first kappa shape index (κ1) is 24.6. The lowest BCUT2D eigenvalue weighted by Gasteiger charge is -2.35. The summed E-state index contributed by atoms with van der Waals surface area (Å²) in [5, 5.41) is 5.99. The van der Waals surface area contributed by atoms with Crippen molar-refractivity contribution in [3.8, 4) is 5.75 Å². The number of thiazole rings is 1. The van der Waals surface area contributed by atoms with Gasteiger partial charge in [0.25, 0.3) is 5.91 Å². The fraction of sp³-hybridized carbons (Fsp3) is 0.560. The molecule has 1 saturated carbocycles. The normalized spacial score (nSPS) is 24.5. The zero-order valence-electron chi connectivity index (χ0n) is 20.3. The Labute approximate surface area is 205 Å². The molecule has 0 saturated heterocycles. The lowest BCUT2D eigenvalue weighted by Crippen LogP contribution is -2.46. The van der Waals surface area contributed by atoms with Crippen LogP contribution in [0.2, 0.25) is 0 Å². The number of hydrogen-bond acceptors (Lipinski definition) is 7. The van der Waals surface area contributed by atoms with Crippen LogP contribution in [0, 0.1) is 11.8 Å². The van der Waals surface area contributed by atoms with E-state index in [2.05, 4.69) is 29.0 Å². The van der Waals surface area contributed by atoms with E-state index in [-0.39, 0.29) is 35.8 Å². The van der Waals surface area contributed by atoms with E-state index in [4.69, 9.17) is 9.47 Å². The molecule has 1 N–H and O–H groups in total. The second-order valence-electron chi connectivity index (χ2n) is 9.43. The molecule has 34 heavy (non-hydrogen) atoms. The minimum atomic E-state index is -0.153. The van der Waals surface area contributed by atoms with E-state index in [0.717, 1.165) is 30.9 Å². The van der Waals surface area contributed by atoms with Crippen molar-refractivity contribution >= 4 is 28.8 Å². The van der Waals surface area contributed by atoms with E-state index < -0.39 is 0 Å². The van der Waals surface area contributed by atoms with Crippen LogP contribution in [0.1, 0.15) is 42.1 Å². The van der Waals surface area contributed by atoms with Crippen LogP contribution in [-0.4, -0.2) is 72.6 Å². The van der Waals surface area contributed by atoms with Crippen LogP contribution in [0.5, 0.6) is 5.75 Å². The maximum atomic E-state index is 13.4. The molecule has 1 aromatic heterocycles. The molecule has 0 unspecified atom stereocenters. The number of likely N-dealkylation sites (N-methyl/N-ethyl adjacent to an activating group) is 1. The summed E-state index contributed by atoms with van der Waals surface area (Å²) in [6.07, 6.45) is 3.55. The summed E-state index contributed by atoms with van der Waals surface area (Å²) in [7, 11) is 3.48. The summed E-state index contributed by atoms with van der Waals surface area (Å²) in [4.78, 5) is 34.2. The van der Waals surface area contributed by atoms with Gasteiger partial charge in [-0.25, -0.2) is 4.98 Å². The molecule has 2 amide bonds. The largest absolute Gasteiger partial charge is 0.491 e. The Kier molecular flexibility index (Phi) is 7.85. The third-order valence-electron chi connectivity index (χ3n) is 6.61. The number of amides is 2. The molecule has 2 aromatic rings. The van der Waals surface area contributed by atoms with E-state index in [1.807, 2.05) is 11.6 Å². The van der Waals surface area contributed by atoms with Gasteiger partial charge in [-0.05, 0) is 43.9 Å². The number of rotatable bonds is 5. The lowest BCUT2D eigenvalue weighted by molar-refractivity contribution is -0.117. The summed E-state index contributed by atoms with van der Waals surface area (Å²) in [6.45, 7) is 6.69. The van der Waals surface area contributed by atoms with Crippen molar-refractivity contribution in [2.24, 2.45) is 11.8 Å². The molecule has 9 heteroatoms. The number of nitrogens with zero attached hydrogens (tertiary/aromatic N) is 3. The number of carbonyl (C=O) groups excluding carboxylic acids is 2. The number of carbonyl (C=O) groups is 2. The number of fused-ring (bicyclic) bond motifs is 1. The molecule has 1 aliphatic heterocycles. The molecule has 4 rings (SSSR count). The molecule has 3 atom stereocenters. The van der Waals surface area contributed by atoms with E-state index in [9.17, 15) is 9.59 Å². The summed E-state index contributed by atoms with van der Waals surface area (Å²) in [5.74, 6) is 0.647. The molecule has 1 aromatic carbocycles. The van der Waals surface area contributed by atoms with Gasteiger partial charge in [0.2, 0.25) is 5.91 Å². The van der Waals surface area contributed by atoms with Crippen molar-refractivity contribution in [1.82, 2.24) is 14.8 Å². The first-order valence-electron chi connectivity index (χ1n) is 11.8. The van der Waals surface area contributed by atoms with Crippen LogP contribution in [0.25, 0.3) is 0 Å². The second-order valence-corrected chi connectivity index (χ2v) is 10.4. The summed E-state index contributed by atoms with van der Waals surface area (Å²) in [6, 6.07) is 5.40. The standard InChI is InChI=1S/C25H34N4O4S/c1-16-12-29(14-23-26-9-10-34-23)17(2)15-33-21-8-7-19(27-24(30)18-5-6-18)11-20(21)25(31)28(3)13-22(16)32-4/h7-11,16-18,22H,5-6,12-15H2,1-4H3,(H,27,30)/t16-,17+,22+/m0/s1. The number of anilines is 1. The van der Waals surface area contributed by atoms with Gasteiger partial charge in [0.05, 0.1) is 18.2 Å². The van der Waals surface area contributed by atoms with Gasteiger partial charge in [0.1, 0.15) is 17.4 Å². The number of methoxy groups -OCH3 is 1. The molecule has 0 bridgehead atoms. The smallest absolute Gasteiger partial charge is 0.257 e. The van der Waals surface area contributed by atoms with Crippen LogP contribution < -0.4 is 10.1 Å². The van der Waals surface area contributed by atoms with Gasteiger partial charge in [0.15, 0.2) is 0 Å². The highest BCUT2D eigenvalue weighted by Gasteiger charge is 2.31. The Morgan fingerprint density at radius 3 is 2.76 bits per heavy atom. The molecular formula is C25H34N4O4S. The van der Waals surface area contributed by atoms with Crippen molar-refractivity contribution in [3.05, 3.63) is 40.3 Å². The zero-order valence-corrected chi connectivity index (χ0v) is 21.1. The average Bonchev–Trinajstić information content (AvgIpc) is 3.56. The highest BCUT2D eigenvalue weighted by Crippen LogP contribution is 2.31. The van der Waals surface area contributed by atoms with Gasteiger partial charge in [-0.3, -0.25) is 14.5 Å². The summed E-state index contributed by atoms with van der Waals surface area (Å²) < 4.78 is 12.0. The van der Waals surface area contributed by atoms with Crippen molar-refractivity contribution in [3.63, 3.8) is 0 Å². The Balaban J connectivity index is 1.61. The number of hydrogen-bond donors (Lipinski definition) is 1. The van der Waals surface area contributed by atoms with Gasteiger partial charge < -0.3 is 19.7 Å². The minimum Gasteiger partial charge on any atom is -0.491 e. The fourth-order valence-electron chi connectivity index (χ4n) is 4.24. The Morgan fingerprint density at radius 1 is 1.29 bits per heavy atom. The first-order chi connectivity index (χ1) is 16.4. The second kappa shape index (κ2) is 10.8. The topological polar surface area (TPSA) is 84.0 Å². The van der Waals surface area contributed by atoms with Crippen LogP contribution in [-0.2, 0) is 16.1 Å². The minimum absolute atomic E-state index is 0.00884. The highest BCUT2D eigenvalue weighted by atomic mass is 32.1. The highest BCUT2D eigenvalue weighted by molar-refractivity contribution is 7.09. The van der Waals surface area contributed by atoms with Crippen LogP contribution in [0.15, 0.2) is 29.8 Å². The van der Waals surface area contributed by atoms with Crippen LogP contribution in [0.4, 0.5) is 5.69 Å². The predicted octanol–water partition coefficient (Wildman–Crippen LogP) is 3.50. The third kappa shape index (κ3) is 5.95. The number of ether oxygens (including phenoxy) is 2. The molecule has 8 nitrogen and oxygen atoms in total. The Morgan fingerprint density at radius 2 is 2.09 bits per heavy atom. The van der Waals surface area contributed by atoms with E-state index >= 15 is 0 Å². The Hall–Kier alpha value is -2.49. The number of nitrogens with one attached hydrogen (secondary N) is 1. The fourth-order valence-corrected chi connectivity index (χ4v) is 4.89.